The van der Waals surface area contributed by atoms with E-state index in [1.165, 1.54) is 18.6 Å². The Morgan fingerprint density at radius 2 is 2.18 bits per heavy atom. The maximum atomic E-state index is 11.9. The zero-order valence-corrected chi connectivity index (χ0v) is 13.0. The lowest BCUT2D eigenvalue weighted by Crippen LogP contribution is -2.21. The molecule has 1 aromatic heterocycles. The van der Waals surface area contributed by atoms with Crippen LogP contribution in [0.15, 0.2) is 4.79 Å². The second kappa shape index (κ2) is 5.13. The number of nitrogens with zero attached hydrogens (tertiary/aromatic N) is 1. The molecule has 1 atom stereocenters. The molecule has 0 spiro atoms. The third-order valence-corrected chi connectivity index (χ3v) is 6.80. The summed E-state index contributed by atoms with van der Waals surface area (Å²) in [4.78, 5) is 19.6. The van der Waals surface area contributed by atoms with E-state index in [1.54, 1.807) is 0 Å². The van der Waals surface area contributed by atoms with Gasteiger partial charge in [-0.3, -0.25) is 4.79 Å². The molecule has 0 radical (unpaired) electrons. The average Bonchev–Trinajstić information content (AvgIpc) is 3.18. The molecule has 1 N–H and O–H groups in total. The summed E-state index contributed by atoms with van der Waals surface area (Å²) in [6, 6.07) is 0. The van der Waals surface area contributed by atoms with Gasteiger partial charge in [0.1, 0.15) is 5.82 Å². The summed E-state index contributed by atoms with van der Waals surface area (Å²) in [5, 5.41) is 0.371. The Kier molecular flexibility index (Phi) is 3.72. The molecule has 1 unspecified atom stereocenters. The number of H-pyrrole nitrogens is 1. The number of hydrogen-bond acceptors (Lipinski definition) is 4. The fraction of sp³-hybridized carbons (Fsp3) is 0.636. The molecular formula is C11H13IN2OS2. The molecule has 17 heavy (non-hydrogen) atoms. The normalized spacial score (nSPS) is 24.9. The van der Waals surface area contributed by atoms with Gasteiger partial charge in [0.15, 0.2) is 0 Å². The van der Waals surface area contributed by atoms with E-state index in [1.807, 2.05) is 23.5 Å². The van der Waals surface area contributed by atoms with Crippen LogP contribution in [-0.4, -0.2) is 27.2 Å². The first-order valence-corrected chi connectivity index (χ1v) is 9.03. The molecule has 0 amide bonds. The topological polar surface area (TPSA) is 45.8 Å². The van der Waals surface area contributed by atoms with E-state index in [4.69, 9.17) is 4.98 Å². The fourth-order valence-electron chi connectivity index (χ4n) is 1.92. The smallest absolute Gasteiger partial charge is 0.264 e. The molecule has 2 heterocycles. The van der Waals surface area contributed by atoms with Gasteiger partial charge in [-0.1, -0.05) is 0 Å². The van der Waals surface area contributed by atoms with Crippen LogP contribution in [0.2, 0.25) is 0 Å². The predicted octanol–water partition coefficient (Wildman–Crippen LogP) is 2.77. The molecule has 3 rings (SSSR count). The zero-order chi connectivity index (χ0) is 11.8. The van der Waals surface area contributed by atoms with E-state index >= 15 is 0 Å². The van der Waals surface area contributed by atoms with Crippen LogP contribution in [0, 0.1) is 3.57 Å². The molecule has 1 saturated carbocycles. The molecule has 1 aliphatic carbocycles. The van der Waals surface area contributed by atoms with Crippen molar-refractivity contribution >= 4 is 46.1 Å². The van der Waals surface area contributed by atoms with Crippen LogP contribution >= 0.6 is 46.1 Å². The van der Waals surface area contributed by atoms with Gasteiger partial charge in [0, 0.05) is 23.2 Å². The van der Waals surface area contributed by atoms with Crippen LogP contribution in [0.25, 0.3) is 0 Å². The first kappa shape index (κ1) is 12.3. The van der Waals surface area contributed by atoms with Crippen LogP contribution in [0.3, 0.4) is 0 Å². The summed E-state index contributed by atoms with van der Waals surface area (Å²) >= 11 is 6.00. The summed E-state index contributed by atoms with van der Waals surface area (Å²) in [6.45, 7) is 0. The van der Waals surface area contributed by atoms with Crippen LogP contribution in [-0.2, 0) is 0 Å². The van der Waals surface area contributed by atoms with Gasteiger partial charge < -0.3 is 4.98 Å². The van der Waals surface area contributed by atoms with Gasteiger partial charge in [0.25, 0.3) is 5.56 Å². The second-order valence-corrected chi connectivity index (χ2v) is 7.90. The van der Waals surface area contributed by atoms with Gasteiger partial charge in [-0.15, -0.1) is 11.8 Å². The van der Waals surface area contributed by atoms with Crippen molar-refractivity contribution in [1.82, 2.24) is 9.97 Å². The van der Waals surface area contributed by atoms with Crippen molar-refractivity contribution in [2.75, 3.05) is 17.3 Å². The maximum Gasteiger partial charge on any atom is 0.264 e. The van der Waals surface area contributed by atoms with Gasteiger partial charge in [-0.2, -0.15) is 11.8 Å². The highest BCUT2D eigenvalue weighted by atomic mass is 127. The predicted molar refractivity (Wildman–Crippen MR) is 82.1 cm³/mol. The highest BCUT2D eigenvalue weighted by Crippen LogP contribution is 2.41. The summed E-state index contributed by atoms with van der Waals surface area (Å²) in [6.07, 6.45) is 2.39. The molecule has 2 aliphatic rings. The first-order valence-electron chi connectivity index (χ1n) is 5.74. The van der Waals surface area contributed by atoms with Gasteiger partial charge in [-0.25, -0.2) is 4.98 Å². The molecule has 6 heteroatoms. The Balaban J connectivity index is 1.96. The largest absolute Gasteiger partial charge is 0.309 e. The quantitative estimate of drug-likeness (QED) is 0.802. The molecule has 0 bridgehead atoms. The summed E-state index contributed by atoms with van der Waals surface area (Å²) < 4.78 is 0.794. The van der Waals surface area contributed by atoms with E-state index in [2.05, 4.69) is 27.6 Å². The molecule has 1 aliphatic heterocycles. The zero-order valence-electron chi connectivity index (χ0n) is 9.24. The molecule has 0 aromatic carbocycles. The number of aromatic amines is 1. The Hall–Kier alpha value is 0.310. The molecular weight excluding hydrogens is 367 g/mol. The van der Waals surface area contributed by atoms with Crippen LogP contribution in [0.1, 0.15) is 35.5 Å². The van der Waals surface area contributed by atoms with Crippen molar-refractivity contribution < 1.29 is 0 Å². The van der Waals surface area contributed by atoms with E-state index in [0.29, 0.717) is 11.2 Å². The van der Waals surface area contributed by atoms with Crippen molar-refractivity contribution in [3.8, 4) is 0 Å². The fourth-order valence-corrected chi connectivity index (χ4v) is 5.24. The van der Waals surface area contributed by atoms with Crippen molar-refractivity contribution in [3.63, 3.8) is 0 Å². The Bertz CT molecular complexity index is 481. The molecule has 1 aromatic rings. The molecule has 2 fully saturated rings. The van der Waals surface area contributed by atoms with Gasteiger partial charge in [0.2, 0.25) is 0 Å². The van der Waals surface area contributed by atoms with Crippen LogP contribution in [0.5, 0.6) is 0 Å². The lowest BCUT2D eigenvalue weighted by Gasteiger charge is -2.20. The van der Waals surface area contributed by atoms with E-state index in [-0.39, 0.29) is 5.56 Å². The summed E-state index contributed by atoms with van der Waals surface area (Å²) in [7, 11) is 0. The van der Waals surface area contributed by atoms with Gasteiger partial charge in [-0.05, 0) is 35.4 Å². The number of aromatic nitrogens is 2. The standard InChI is InChI=1S/C11H13IN2OS2/c12-8-9(6-1-2-6)13-10(14-11(8)15)7-5-16-3-4-17-7/h6-7H,1-5H2,(H,13,14,15). The minimum absolute atomic E-state index is 0.0497. The summed E-state index contributed by atoms with van der Waals surface area (Å²) in [5.41, 5.74) is 1.09. The van der Waals surface area contributed by atoms with Crippen molar-refractivity contribution in [1.29, 1.82) is 0 Å². The Labute approximate surface area is 122 Å². The monoisotopic (exact) mass is 380 g/mol. The Morgan fingerprint density at radius 1 is 1.35 bits per heavy atom. The highest BCUT2D eigenvalue weighted by molar-refractivity contribution is 14.1. The average molecular weight is 380 g/mol. The number of thioether (sulfide) groups is 2. The highest BCUT2D eigenvalue weighted by Gasteiger charge is 2.30. The lowest BCUT2D eigenvalue weighted by atomic mass is 10.2. The first-order chi connectivity index (χ1) is 8.25. The van der Waals surface area contributed by atoms with E-state index in [9.17, 15) is 4.79 Å². The number of hydrogen-bond donors (Lipinski definition) is 1. The maximum absolute atomic E-state index is 11.9. The van der Waals surface area contributed by atoms with Crippen molar-refractivity contribution in [2.24, 2.45) is 0 Å². The number of nitrogens with one attached hydrogen (secondary N) is 1. The molecule has 1 saturated heterocycles. The van der Waals surface area contributed by atoms with Crippen molar-refractivity contribution in [2.45, 2.75) is 24.0 Å². The minimum Gasteiger partial charge on any atom is -0.309 e. The molecule has 3 nitrogen and oxygen atoms in total. The van der Waals surface area contributed by atoms with Gasteiger partial charge in [0.05, 0.1) is 14.5 Å². The molecule has 92 valence electrons. The third-order valence-electron chi connectivity index (χ3n) is 2.99. The summed E-state index contributed by atoms with van der Waals surface area (Å²) in [5.74, 6) is 4.88. The third kappa shape index (κ3) is 2.68. The SMILES string of the molecule is O=c1[nH]c(C2CSCCS2)nc(C2CC2)c1I. The number of rotatable bonds is 2. The van der Waals surface area contributed by atoms with Gasteiger partial charge >= 0.3 is 0 Å². The Morgan fingerprint density at radius 3 is 2.82 bits per heavy atom. The van der Waals surface area contributed by atoms with Crippen molar-refractivity contribution in [3.05, 3.63) is 25.4 Å². The van der Waals surface area contributed by atoms with E-state index in [0.717, 1.165) is 26.6 Å². The van der Waals surface area contributed by atoms with Crippen LogP contribution < -0.4 is 5.56 Å². The lowest BCUT2D eigenvalue weighted by molar-refractivity contribution is 0.846. The van der Waals surface area contributed by atoms with E-state index < -0.39 is 0 Å². The second-order valence-electron chi connectivity index (χ2n) is 4.36. The minimum atomic E-state index is 0.0497. The van der Waals surface area contributed by atoms with Crippen LogP contribution in [0.4, 0.5) is 0 Å². The number of halogens is 1.